The van der Waals surface area contributed by atoms with E-state index in [1.165, 1.54) is 0 Å². The van der Waals surface area contributed by atoms with Crippen molar-refractivity contribution < 1.29 is 4.79 Å². The molecule has 0 spiro atoms. The van der Waals surface area contributed by atoms with Gasteiger partial charge >= 0.3 is 0 Å². The Balaban J connectivity index is 1.53. The van der Waals surface area contributed by atoms with E-state index in [4.69, 9.17) is 0 Å². The van der Waals surface area contributed by atoms with Gasteiger partial charge in [0.05, 0.1) is 24.5 Å². The van der Waals surface area contributed by atoms with Crippen molar-refractivity contribution in [2.75, 3.05) is 6.54 Å². The summed E-state index contributed by atoms with van der Waals surface area (Å²) in [6.07, 6.45) is 8.54. The van der Waals surface area contributed by atoms with Crippen LogP contribution in [0.5, 0.6) is 0 Å². The molecule has 1 saturated heterocycles. The Morgan fingerprint density at radius 3 is 2.84 bits per heavy atom. The van der Waals surface area contributed by atoms with Gasteiger partial charge in [0.2, 0.25) is 0 Å². The molecule has 25 heavy (non-hydrogen) atoms. The van der Waals surface area contributed by atoms with Gasteiger partial charge in [-0.25, -0.2) is 4.68 Å². The zero-order chi connectivity index (χ0) is 17.1. The van der Waals surface area contributed by atoms with Crippen LogP contribution in [0.3, 0.4) is 0 Å². The summed E-state index contributed by atoms with van der Waals surface area (Å²) in [5.74, 6) is -0.0564. The highest BCUT2D eigenvalue weighted by molar-refractivity contribution is 5.92. The van der Waals surface area contributed by atoms with E-state index < -0.39 is 0 Å². The lowest BCUT2D eigenvalue weighted by Gasteiger charge is -2.35. The fourth-order valence-corrected chi connectivity index (χ4v) is 3.30. The Bertz CT molecular complexity index is 826. The summed E-state index contributed by atoms with van der Waals surface area (Å²) < 4.78 is 3.52. The quantitative estimate of drug-likeness (QED) is 0.732. The predicted octanol–water partition coefficient (Wildman–Crippen LogP) is 2.16. The average molecular weight is 336 g/mol. The number of benzene rings is 1. The fraction of sp³-hybridized carbons (Fsp3) is 0.333. The molecule has 3 heterocycles. The van der Waals surface area contributed by atoms with E-state index in [0.717, 1.165) is 31.5 Å². The van der Waals surface area contributed by atoms with Crippen LogP contribution >= 0.6 is 0 Å². The van der Waals surface area contributed by atoms with Crippen molar-refractivity contribution in [1.82, 2.24) is 29.7 Å². The van der Waals surface area contributed by atoms with Crippen molar-refractivity contribution in [3.63, 3.8) is 0 Å². The molecule has 128 valence electrons. The van der Waals surface area contributed by atoms with Crippen LogP contribution in [0.1, 0.15) is 29.8 Å². The van der Waals surface area contributed by atoms with Crippen LogP contribution in [-0.2, 0) is 6.54 Å². The SMILES string of the molecule is O=C(c1cn(-c2ccccc2)nn1)N1CCCC[C@H]1Cn1cccn1. The third kappa shape index (κ3) is 3.31. The summed E-state index contributed by atoms with van der Waals surface area (Å²) in [6, 6.07) is 11.7. The minimum absolute atomic E-state index is 0.0564. The van der Waals surface area contributed by atoms with E-state index in [0.29, 0.717) is 12.2 Å². The number of hydrogen-bond acceptors (Lipinski definition) is 4. The van der Waals surface area contributed by atoms with Crippen molar-refractivity contribution >= 4 is 5.91 Å². The van der Waals surface area contributed by atoms with Crippen LogP contribution in [0.2, 0.25) is 0 Å². The van der Waals surface area contributed by atoms with Gasteiger partial charge in [-0.2, -0.15) is 5.10 Å². The van der Waals surface area contributed by atoms with Gasteiger partial charge in [0.15, 0.2) is 5.69 Å². The van der Waals surface area contributed by atoms with Crippen molar-refractivity contribution in [1.29, 1.82) is 0 Å². The topological polar surface area (TPSA) is 68.8 Å². The third-order valence-corrected chi connectivity index (χ3v) is 4.58. The number of rotatable bonds is 4. The normalized spacial score (nSPS) is 17.6. The van der Waals surface area contributed by atoms with Crippen LogP contribution in [0, 0.1) is 0 Å². The molecular weight excluding hydrogens is 316 g/mol. The molecule has 2 aromatic heterocycles. The lowest BCUT2D eigenvalue weighted by atomic mass is 10.0. The minimum Gasteiger partial charge on any atom is -0.332 e. The highest BCUT2D eigenvalue weighted by atomic mass is 16.2. The van der Waals surface area contributed by atoms with Crippen molar-refractivity contribution in [2.45, 2.75) is 31.8 Å². The maximum atomic E-state index is 13.0. The van der Waals surface area contributed by atoms with Crippen LogP contribution in [0.15, 0.2) is 55.0 Å². The van der Waals surface area contributed by atoms with E-state index in [9.17, 15) is 4.79 Å². The maximum absolute atomic E-state index is 13.0. The monoisotopic (exact) mass is 336 g/mol. The van der Waals surface area contributed by atoms with E-state index in [2.05, 4.69) is 15.4 Å². The molecule has 1 amide bonds. The highest BCUT2D eigenvalue weighted by Gasteiger charge is 2.29. The van der Waals surface area contributed by atoms with Crippen molar-refractivity contribution in [2.24, 2.45) is 0 Å². The molecule has 7 nitrogen and oxygen atoms in total. The van der Waals surface area contributed by atoms with Crippen LogP contribution in [0.4, 0.5) is 0 Å². The smallest absolute Gasteiger partial charge is 0.276 e. The van der Waals surface area contributed by atoms with Gasteiger partial charge in [-0.1, -0.05) is 23.4 Å². The van der Waals surface area contributed by atoms with E-state index in [1.54, 1.807) is 17.1 Å². The lowest BCUT2D eigenvalue weighted by Crippen LogP contribution is -2.46. The Morgan fingerprint density at radius 2 is 2.04 bits per heavy atom. The number of amides is 1. The van der Waals surface area contributed by atoms with Crippen LogP contribution in [-0.4, -0.2) is 48.2 Å². The second-order valence-electron chi connectivity index (χ2n) is 6.26. The first kappa shape index (κ1) is 15.6. The zero-order valence-electron chi connectivity index (χ0n) is 13.9. The number of nitrogens with zero attached hydrogens (tertiary/aromatic N) is 6. The molecule has 1 fully saturated rings. The van der Waals surface area contributed by atoms with E-state index in [-0.39, 0.29) is 11.9 Å². The summed E-state index contributed by atoms with van der Waals surface area (Å²) in [5, 5.41) is 12.5. The van der Waals surface area contributed by atoms with Gasteiger partial charge in [-0.3, -0.25) is 9.48 Å². The second kappa shape index (κ2) is 6.88. The number of para-hydroxylation sites is 1. The van der Waals surface area contributed by atoms with Crippen LogP contribution < -0.4 is 0 Å². The predicted molar refractivity (Wildman–Crippen MR) is 92.3 cm³/mol. The summed E-state index contributed by atoms with van der Waals surface area (Å²) in [5.41, 5.74) is 1.28. The molecule has 1 aliphatic rings. The van der Waals surface area contributed by atoms with Gasteiger partial charge in [-0.05, 0) is 37.5 Å². The first-order valence-electron chi connectivity index (χ1n) is 8.57. The molecule has 4 rings (SSSR count). The first-order chi connectivity index (χ1) is 12.3. The van der Waals surface area contributed by atoms with Crippen LogP contribution in [0.25, 0.3) is 5.69 Å². The minimum atomic E-state index is -0.0564. The molecule has 0 aliphatic carbocycles. The molecular formula is C18H20N6O. The lowest BCUT2D eigenvalue weighted by molar-refractivity contribution is 0.0577. The van der Waals surface area contributed by atoms with E-state index in [1.807, 2.05) is 52.2 Å². The largest absolute Gasteiger partial charge is 0.332 e. The number of carbonyl (C=O) groups excluding carboxylic acids is 1. The maximum Gasteiger partial charge on any atom is 0.276 e. The number of hydrogen-bond donors (Lipinski definition) is 0. The molecule has 0 bridgehead atoms. The van der Waals surface area contributed by atoms with Gasteiger partial charge in [-0.15, -0.1) is 5.10 Å². The van der Waals surface area contributed by atoms with Gasteiger partial charge in [0.25, 0.3) is 5.91 Å². The Labute approximate surface area is 145 Å². The molecule has 1 atom stereocenters. The average Bonchev–Trinajstić information content (AvgIpc) is 3.34. The standard InChI is InChI=1S/C18H20N6O/c25-18(17-14-24(21-20-17)15-7-2-1-3-8-15)23-12-5-4-9-16(23)13-22-11-6-10-19-22/h1-3,6-8,10-11,14,16H,4-5,9,12-13H2/t16-/m0/s1. The molecule has 0 radical (unpaired) electrons. The molecule has 1 aromatic carbocycles. The summed E-state index contributed by atoms with van der Waals surface area (Å²) in [4.78, 5) is 14.9. The highest BCUT2D eigenvalue weighted by Crippen LogP contribution is 2.20. The third-order valence-electron chi connectivity index (χ3n) is 4.58. The number of likely N-dealkylation sites (tertiary alicyclic amines) is 1. The number of aromatic nitrogens is 5. The molecule has 1 aliphatic heterocycles. The molecule has 0 saturated carbocycles. The Kier molecular flexibility index (Phi) is 4.28. The van der Waals surface area contributed by atoms with Gasteiger partial charge < -0.3 is 4.90 Å². The second-order valence-corrected chi connectivity index (χ2v) is 6.26. The molecule has 0 unspecified atom stereocenters. The first-order valence-corrected chi connectivity index (χ1v) is 8.57. The number of piperidine rings is 1. The molecule has 0 N–H and O–H groups in total. The van der Waals surface area contributed by atoms with E-state index >= 15 is 0 Å². The zero-order valence-corrected chi connectivity index (χ0v) is 13.9. The summed E-state index contributed by atoms with van der Waals surface area (Å²) in [7, 11) is 0. The van der Waals surface area contributed by atoms with Crippen molar-refractivity contribution in [3.05, 3.63) is 60.7 Å². The number of carbonyl (C=O) groups is 1. The Morgan fingerprint density at radius 1 is 1.16 bits per heavy atom. The van der Waals surface area contributed by atoms with Gasteiger partial charge in [0.1, 0.15) is 0 Å². The summed E-state index contributed by atoms with van der Waals surface area (Å²) >= 11 is 0. The fourth-order valence-electron chi connectivity index (χ4n) is 3.30. The van der Waals surface area contributed by atoms with Crippen molar-refractivity contribution in [3.8, 4) is 5.69 Å². The molecule has 7 heteroatoms. The summed E-state index contributed by atoms with van der Waals surface area (Å²) in [6.45, 7) is 1.47. The molecule has 3 aromatic rings. The Hall–Kier alpha value is -2.96. The van der Waals surface area contributed by atoms with Gasteiger partial charge in [0, 0.05) is 18.9 Å².